The van der Waals surface area contributed by atoms with Gasteiger partial charge in [-0.3, -0.25) is 14.7 Å². The van der Waals surface area contributed by atoms with Gasteiger partial charge in [0.05, 0.1) is 11.6 Å². The van der Waals surface area contributed by atoms with Gasteiger partial charge in [0.15, 0.2) is 0 Å². The summed E-state index contributed by atoms with van der Waals surface area (Å²) >= 11 is 0. The Morgan fingerprint density at radius 3 is 2.82 bits per heavy atom. The molecule has 2 amide bonds. The highest BCUT2D eigenvalue weighted by atomic mass is 19.1. The standard InChI is InChI=1S/C15H21FN4O2/c1-8(2)12-6-13(19-18-12)15(22)20-4-3-9(7-20)17-14(21)10-5-11(10)16/h6,8-11H,3-5,7H2,1-2H3,(H,17,21)(H,18,19)/t9-,10+,11-/m0/s1. The van der Waals surface area contributed by atoms with Gasteiger partial charge in [-0.15, -0.1) is 0 Å². The molecular formula is C15H21FN4O2. The van der Waals surface area contributed by atoms with Crippen molar-refractivity contribution in [2.75, 3.05) is 13.1 Å². The summed E-state index contributed by atoms with van der Waals surface area (Å²) < 4.78 is 12.9. The van der Waals surface area contributed by atoms with Crippen molar-refractivity contribution in [1.29, 1.82) is 0 Å². The number of likely N-dealkylation sites (tertiary alicyclic amines) is 1. The summed E-state index contributed by atoms with van der Waals surface area (Å²) in [6, 6.07) is 1.69. The Hall–Kier alpha value is -1.92. The maximum absolute atomic E-state index is 12.9. The molecule has 1 aromatic heterocycles. The summed E-state index contributed by atoms with van der Waals surface area (Å²) in [6.45, 7) is 5.08. The molecule has 0 spiro atoms. The number of hydrogen-bond acceptors (Lipinski definition) is 3. The van der Waals surface area contributed by atoms with E-state index >= 15 is 0 Å². The average molecular weight is 308 g/mol. The Bertz CT molecular complexity index is 586. The smallest absolute Gasteiger partial charge is 0.271 e. The second-order valence-electron chi connectivity index (χ2n) is 6.46. The number of alkyl halides is 1. The molecule has 2 N–H and O–H groups in total. The van der Waals surface area contributed by atoms with Gasteiger partial charge in [-0.05, 0) is 24.8 Å². The van der Waals surface area contributed by atoms with Crippen molar-refractivity contribution in [3.63, 3.8) is 0 Å². The number of aromatic nitrogens is 2. The van der Waals surface area contributed by atoms with E-state index < -0.39 is 12.1 Å². The Labute approximate surface area is 128 Å². The van der Waals surface area contributed by atoms with Gasteiger partial charge in [0.2, 0.25) is 5.91 Å². The minimum atomic E-state index is -0.987. The van der Waals surface area contributed by atoms with Crippen molar-refractivity contribution in [2.45, 2.75) is 44.8 Å². The van der Waals surface area contributed by atoms with Crippen LogP contribution in [0.25, 0.3) is 0 Å². The van der Waals surface area contributed by atoms with E-state index in [4.69, 9.17) is 0 Å². The maximum atomic E-state index is 12.9. The molecule has 1 aromatic rings. The van der Waals surface area contributed by atoms with Crippen LogP contribution in [0.3, 0.4) is 0 Å². The highest BCUT2D eigenvalue weighted by Crippen LogP contribution is 2.34. The first kappa shape index (κ1) is 15.0. The van der Waals surface area contributed by atoms with Crippen molar-refractivity contribution in [3.05, 3.63) is 17.5 Å². The molecule has 3 atom stereocenters. The van der Waals surface area contributed by atoms with E-state index in [2.05, 4.69) is 15.5 Å². The molecule has 2 aliphatic rings. The van der Waals surface area contributed by atoms with Crippen LogP contribution in [0.4, 0.5) is 4.39 Å². The first-order valence-corrected chi connectivity index (χ1v) is 7.74. The minimum absolute atomic E-state index is 0.0864. The molecule has 6 nitrogen and oxygen atoms in total. The van der Waals surface area contributed by atoms with E-state index in [1.807, 2.05) is 13.8 Å². The molecule has 1 saturated heterocycles. The molecule has 22 heavy (non-hydrogen) atoms. The van der Waals surface area contributed by atoms with Crippen LogP contribution in [0, 0.1) is 5.92 Å². The number of hydrogen-bond donors (Lipinski definition) is 2. The van der Waals surface area contributed by atoms with Crippen LogP contribution in [0.5, 0.6) is 0 Å². The number of H-pyrrole nitrogens is 1. The highest BCUT2D eigenvalue weighted by Gasteiger charge is 2.44. The van der Waals surface area contributed by atoms with Gasteiger partial charge in [-0.1, -0.05) is 13.8 Å². The van der Waals surface area contributed by atoms with Crippen LogP contribution in [0.1, 0.15) is 48.8 Å². The second-order valence-corrected chi connectivity index (χ2v) is 6.46. The maximum Gasteiger partial charge on any atom is 0.271 e. The summed E-state index contributed by atoms with van der Waals surface area (Å²) in [5.41, 5.74) is 1.33. The Morgan fingerprint density at radius 2 is 2.23 bits per heavy atom. The highest BCUT2D eigenvalue weighted by molar-refractivity contribution is 5.92. The number of nitrogens with one attached hydrogen (secondary N) is 2. The zero-order valence-corrected chi connectivity index (χ0v) is 12.8. The van der Waals surface area contributed by atoms with Crippen LogP contribution in [-0.4, -0.2) is 52.2 Å². The van der Waals surface area contributed by atoms with Gasteiger partial charge >= 0.3 is 0 Å². The largest absolute Gasteiger partial charge is 0.351 e. The van der Waals surface area contributed by atoms with Crippen molar-refractivity contribution in [2.24, 2.45) is 5.92 Å². The number of aromatic amines is 1. The van der Waals surface area contributed by atoms with Crippen molar-refractivity contribution in [1.82, 2.24) is 20.4 Å². The SMILES string of the molecule is CC(C)c1cc(C(=O)N2CC[C@H](NC(=O)[C@@H]3C[C@@H]3F)C2)[nH]n1. The second kappa shape index (κ2) is 5.70. The molecule has 120 valence electrons. The molecule has 0 unspecified atom stereocenters. The minimum Gasteiger partial charge on any atom is -0.351 e. The van der Waals surface area contributed by atoms with E-state index in [-0.39, 0.29) is 23.8 Å². The molecule has 1 aliphatic carbocycles. The molecule has 2 heterocycles. The Morgan fingerprint density at radius 1 is 1.50 bits per heavy atom. The van der Waals surface area contributed by atoms with Gasteiger partial charge < -0.3 is 10.2 Å². The summed E-state index contributed by atoms with van der Waals surface area (Å²) in [5.74, 6) is -0.553. The predicted octanol–water partition coefficient (Wildman–Crippen LogP) is 1.22. The Balaban J connectivity index is 1.55. The molecule has 7 heteroatoms. The number of carbonyl (C=O) groups excluding carboxylic acids is 2. The van der Waals surface area contributed by atoms with Crippen LogP contribution < -0.4 is 5.32 Å². The van der Waals surface area contributed by atoms with Crippen LogP contribution in [0.2, 0.25) is 0 Å². The predicted molar refractivity (Wildman–Crippen MR) is 78.1 cm³/mol. The summed E-state index contributed by atoms with van der Waals surface area (Å²) in [4.78, 5) is 25.8. The fourth-order valence-corrected chi connectivity index (χ4v) is 2.72. The van der Waals surface area contributed by atoms with E-state index in [0.717, 1.165) is 5.69 Å². The van der Waals surface area contributed by atoms with Gasteiger partial charge in [0.25, 0.3) is 5.91 Å². The van der Waals surface area contributed by atoms with Crippen molar-refractivity contribution >= 4 is 11.8 Å². The van der Waals surface area contributed by atoms with E-state index in [1.54, 1.807) is 11.0 Å². The lowest BCUT2D eigenvalue weighted by Gasteiger charge is -2.16. The van der Waals surface area contributed by atoms with Crippen LogP contribution in [-0.2, 0) is 4.79 Å². The van der Waals surface area contributed by atoms with Gasteiger partial charge in [0, 0.05) is 19.1 Å². The molecular weight excluding hydrogens is 287 g/mol. The monoisotopic (exact) mass is 308 g/mol. The first-order chi connectivity index (χ1) is 10.5. The fourth-order valence-electron chi connectivity index (χ4n) is 2.72. The molecule has 3 rings (SSSR count). The molecule has 0 aromatic carbocycles. The first-order valence-electron chi connectivity index (χ1n) is 7.74. The molecule has 0 bridgehead atoms. The van der Waals surface area contributed by atoms with E-state index in [1.165, 1.54) is 0 Å². The lowest BCUT2D eigenvalue weighted by atomic mass is 10.1. The zero-order valence-electron chi connectivity index (χ0n) is 12.8. The van der Waals surface area contributed by atoms with Crippen LogP contribution in [0.15, 0.2) is 6.07 Å². The fraction of sp³-hybridized carbons (Fsp3) is 0.667. The van der Waals surface area contributed by atoms with Gasteiger partial charge in [-0.2, -0.15) is 5.10 Å². The summed E-state index contributed by atoms with van der Waals surface area (Å²) in [6.07, 6.45) is 0.0400. The number of amides is 2. The van der Waals surface area contributed by atoms with Crippen molar-refractivity contribution in [3.8, 4) is 0 Å². The Kier molecular flexibility index (Phi) is 3.88. The molecule has 1 aliphatic heterocycles. The topological polar surface area (TPSA) is 78.1 Å². The van der Waals surface area contributed by atoms with Gasteiger partial charge in [0.1, 0.15) is 11.9 Å². The van der Waals surface area contributed by atoms with Gasteiger partial charge in [-0.25, -0.2) is 4.39 Å². The third kappa shape index (κ3) is 2.98. The molecule has 0 radical (unpaired) electrons. The summed E-state index contributed by atoms with van der Waals surface area (Å²) in [7, 11) is 0. The third-order valence-corrected chi connectivity index (χ3v) is 4.29. The lowest BCUT2D eigenvalue weighted by Crippen LogP contribution is -2.39. The van der Waals surface area contributed by atoms with E-state index in [0.29, 0.717) is 31.6 Å². The zero-order chi connectivity index (χ0) is 15.9. The number of carbonyl (C=O) groups is 2. The quantitative estimate of drug-likeness (QED) is 0.878. The summed E-state index contributed by atoms with van der Waals surface area (Å²) in [5, 5.41) is 9.74. The average Bonchev–Trinajstić information content (AvgIpc) is 2.93. The number of halogens is 1. The molecule has 1 saturated carbocycles. The van der Waals surface area contributed by atoms with Crippen LogP contribution >= 0.6 is 0 Å². The lowest BCUT2D eigenvalue weighted by molar-refractivity contribution is -0.123. The normalized spacial score (nSPS) is 27.3. The number of rotatable bonds is 4. The number of nitrogens with zero attached hydrogens (tertiary/aromatic N) is 2. The van der Waals surface area contributed by atoms with E-state index in [9.17, 15) is 14.0 Å². The van der Waals surface area contributed by atoms with Crippen molar-refractivity contribution < 1.29 is 14.0 Å². The molecule has 2 fully saturated rings. The third-order valence-electron chi connectivity index (χ3n) is 4.29.